The van der Waals surface area contributed by atoms with E-state index in [1.807, 2.05) is 52.0 Å². The molecular formula is C16H20N2O2S. The first kappa shape index (κ1) is 14.4. The largest absolute Gasteiger partial charge is 0.352 e. The molecule has 2 atom stereocenters. The van der Waals surface area contributed by atoms with E-state index in [4.69, 9.17) is 0 Å². The lowest BCUT2D eigenvalue weighted by atomic mass is 10.0. The van der Waals surface area contributed by atoms with Crippen LogP contribution in [0.25, 0.3) is 0 Å². The number of hydrogen-bond donors (Lipinski definition) is 1. The molecule has 1 unspecified atom stereocenters. The van der Waals surface area contributed by atoms with Gasteiger partial charge < -0.3 is 10.2 Å². The second-order valence-corrected chi connectivity index (χ2v) is 8.17. The molecule has 0 aromatic heterocycles. The van der Waals surface area contributed by atoms with Gasteiger partial charge in [0.1, 0.15) is 11.4 Å². The molecule has 0 bridgehead atoms. The van der Waals surface area contributed by atoms with E-state index in [9.17, 15) is 9.59 Å². The Labute approximate surface area is 129 Å². The van der Waals surface area contributed by atoms with Gasteiger partial charge >= 0.3 is 0 Å². The predicted molar refractivity (Wildman–Crippen MR) is 84.1 cm³/mol. The van der Waals surface area contributed by atoms with Crippen LogP contribution < -0.4 is 5.32 Å². The van der Waals surface area contributed by atoms with Gasteiger partial charge in [-0.3, -0.25) is 9.59 Å². The highest BCUT2D eigenvalue weighted by molar-refractivity contribution is 8.01. The molecule has 2 aliphatic heterocycles. The lowest BCUT2D eigenvalue weighted by Crippen LogP contribution is -2.53. The Morgan fingerprint density at radius 2 is 2.00 bits per heavy atom. The Kier molecular flexibility index (Phi) is 3.28. The van der Waals surface area contributed by atoms with Crippen LogP contribution in [0.5, 0.6) is 0 Å². The molecule has 112 valence electrons. The van der Waals surface area contributed by atoms with Gasteiger partial charge in [0, 0.05) is 16.4 Å². The minimum absolute atomic E-state index is 0.0300. The number of nitrogens with zero attached hydrogens (tertiary/aromatic N) is 1. The molecule has 0 aliphatic carbocycles. The fourth-order valence-electron chi connectivity index (χ4n) is 3.17. The number of thioether (sulfide) groups is 1. The molecule has 1 saturated heterocycles. The third-order valence-corrected chi connectivity index (χ3v) is 5.51. The molecule has 0 radical (unpaired) electrons. The molecule has 5 heteroatoms. The lowest BCUT2D eigenvalue weighted by molar-refractivity contribution is -0.126. The first-order valence-electron chi connectivity index (χ1n) is 7.22. The van der Waals surface area contributed by atoms with E-state index in [0.29, 0.717) is 0 Å². The van der Waals surface area contributed by atoms with Crippen LogP contribution in [0, 0.1) is 0 Å². The molecule has 1 aromatic carbocycles. The Bertz CT molecular complexity index is 612. The number of carbonyl (C=O) groups excluding carboxylic acids is 2. The molecule has 21 heavy (non-hydrogen) atoms. The minimum Gasteiger partial charge on any atom is -0.352 e. The summed E-state index contributed by atoms with van der Waals surface area (Å²) in [6.45, 7) is 7.95. The fourth-order valence-corrected chi connectivity index (χ4v) is 4.76. The number of hydrogen-bond acceptors (Lipinski definition) is 3. The molecule has 1 N–H and O–H groups in total. The van der Waals surface area contributed by atoms with Gasteiger partial charge in [-0.1, -0.05) is 18.2 Å². The third-order valence-electron chi connectivity index (χ3n) is 3.98. The first-order chi connectivity index (χ1) is 9.83. The number of rotatable bonds is 2. The van der Waals surface area contributed by atoms with Crippen LogP contribution in [0.3, 0.4) is 0 Å². The summed E-state index contributed by atoms with van der Waals surface area (Å²) in [6, 6.07) is 7.29. The van der Waals surface area contributed by atoms with Crippen molar-refractivity contribution in [3.05, 3.63) is 35.4 Å². The lowest BCUT2D eigenvalue weighted by Gasteiger charge is -2.30. The van der Waals surface area contributed by atoms with Crippen molar-refractivity contribution >= 4 is 23.6 Å². The predicted octanol–water partition coefficient (Wildman–Crippen LogP) is 2.56. The standard InChI is InChI=1S/C16H20N2O2S/c1-9(2)17-13(19)12-16(3,4)21-15-11-8-6-5-7-10(11)14(20)18(12)15/h5-9,12,15H,1-4H3,(H,17,19)/t12-,15?/m1/s1. The van der Waals surface area contributed by atoms with Gasteiger partial charge in [0.25, 0.3) is 5.91 Å². The van der Waals surface area contributed by atoms with Gasteiger partial charge in [-0.15, -0.1) is 11.8 Å². The van der Waals surface area contributed by atoms with Gasteiger partial charge in [-0.25, -0.2) is 0 Å². The van der Waals surface area contributed by atoms with Crippen LogP contribution >= 0.6 is 11.8 Å². The van der Waals surface area contributed by atoms with Crippen LogP contribution in [0.2, 0.25) is 0 Å². The maximum Gasteiger partial charge on any atom is 0.256 e. The summed E-state index contributed by atoms with van der Waals surface area (Å²) < 4.78 is -0.299. The summed E-state index contributed by atoms with van der Waals surface area (Å²) >= 11 is 1.69. The van der Waals surface area contributed by atoms with Crippen LogP contribution in [-0.4, -0.2) is 33.5 Å². The van der Waals surface area contributed by atoms with Crippen LogP contribution in [0.4, 0.5) is 0 Å². The van der Waals surface area contributed by atoms with E-state index in [2.05, 4.69) is 5.32 Å². The van der Waals surface area contributed by atoms with Crippen LogP contribution in [0.15, 0.2) is 24.3 Å². The quantitative estimate of drug-likeness (QED) is 0.913. The van der Waals surface area contributed by atoms with Crippen LogP contribution in [0.1, 0.15) is 49.0 Å². The van der Waals surface area contributed by atoms with Gasteiger partial charge in [0.15, 0.2) is 0 Å². The van der Waals surface area contributed by atoms with Gasteiger partial charge in [0.05, 0.1) is 0 Å². The summed E-state index contributed by atoms with van der Waals surface area (Å²) in [5, 5.41) is 2.90. The average molecular weight is 304 g/mol. The Morgan fingerprint density at radius 1 is 1.33 bits per heavy atom. The Morgan fingerprint density at radius 3 is 2.67 bits per heavy atom. The Balaban J connectivity index is 2.00. The fraction of sp³-hybridized carbons (Fsp3) is 0.500. The SMILES string of the molecule is CC(C)NC(=O)[C@H]1N2C(=O)c3ccccc3C2SC1(C)C. The van der Waals surface area contributed by atoms with Crippen molar-refractivity contribution in [3.8, 4) is 0 Å². The maximum absolute atomic E-state index is 12.7. The molecule has 1 aromatic rings. The van der Waals surface area contributed by atoms with E-state index in [0.717, 1.165) is 11.1 Å². The molecule has 1 fully saturated rings. The number of benzene rings is 1. The van der Waals surface area contributed by atoms with E-state index in [1.165, 1.54) is 0 Å². The highest BCUT2D eigenvalue weighted by Gasteiger charge is 2.57. The average Bonchev–Trinajstić information content (AvgIpc) is 2.81. The highest BCUT2D eigenvalue weighted by Crippen LogP contribution is 2.56. The van der Waals surface area contributed by atoms with Crippen molar-refractivity contribution in [2.45, 2.75) is 49.9 Å². The van der Waals surface area contributed by atoms with E-state index in [-0.39, 0.29) is 28.0 Å². The molecule has 2 heterocycles. The van der Waals surface area contributed by atoms with Crippen molar-refractivity contribution < 1.29 is 9.59 Å². The second kappa shape index (κ2) is 4.77. The van der Waals surface area contributed by atoms with Crippen molar-refractivity contribution in [1.82, 2.24) is 10.2 Å². The molecule has 3 rings (SSSR count). The summed E-state index contributed by atoms with van der Waals surface area (Å²) in [4.78, 5) is 27.0. The topological polar surface area (TPSA) is 49.4 Å². The normalized spacial score (nSPS) is 26.0. The molecule has 4 nitrogen and oxygen atoms in total. The van der Waals surface area contributed by atoms with Crippen molar-refractivity contribution in [1.29, 1.82) is 0 Å². The molecule has 2 aliphatic rings. The van der Waals surface area contributed by atoms with Gasteiger partial charge in [-0.05, 0) is 39.3 Å². The maximum atomic E-state index is 12.7. The van der Waals surface area contributed by atoms with Crippen molar-refractivity contribution in [2.24, 2.45) is 0 Å². The molecule has 0 spiro atoms. The van der Waals surface area contributed by atoms with Crippen LogP contribution in [-0.2, 0) is 4.79 Å². The summed E-state index contributed by atoms with van der Waals surface area (Å²) in [6.07, 6.45) is 0. The monoisotopic (exact) mass is 304 g/mol. The third kappa shape index (κ3) is 2.14. The van der Waals surface area contributed by atoms with Gasteiger partial charge in [0.2, 0.25) is 5.91 Å². The number of carbonyl (C=O) groups is 2. The zero-order valence-electron chi connectivity index (χ0n) is 12.7. The second-order valence-electron chi connectivity index (χ2n) is 6.44. The van der Waals surface area contributed by atoms with E-state index < -0.39 is 6.04 Å². The zero-order chi connectivity index (χ0) is 15.4. The zero-order valence-corrected chi connectivity index (χ0v) is 13.5. The van der Waals surface area contributed by atoms with Crippen molar-refractivity contribution in [2.75, 3.05) is 0 Å². The molecular weight excluding hydrogens is 284 g/mol. The summed E-state index contributed by atoms with van der Waals surface area (Å²) in [7, 11) is 0. The molecule has 2 amide bonds. The van der Waals surface area contributed by atoms with Crippen molar-refractivity contribution in [3.63, 3.8) is 0 Å². The number of fused-ring (bicyclic) bond motifs is 3. The van der Waals surface area contributed by atoms with E-state index >= 15 is 0 Å². The minimum atomic E-state index is -0.435. The number of nitrogens with one attached hydrogen (secondary N) is 1. The summed E-state index contributed by atoms with van der Waals surface area (Å²) in [5.41, 5.74) is 1.76. The highest BCUT2D eigenvalue weighted by atomic mass is 32.2. The smallest absolute Gasteiger partial charge is 0.256 e. The summed E-state index contributed by atoms with van der Waals surface area (Å²) in [5.74, 6) is -0.0938. The Hall–Kier alpha value is -1.49. The molecule has 0 saturated carbocycles. The number of amides is 2. The first-order valence-corrected chi connectivity index (χ1v) is 8.10. The van der Waals surface area contributed by atoms with Gasteiger partial charge in [-0.2, -0.15) is 0 Å². The van der Waals surface area contributed by atoms with E-state index in [1.54, 1.807) is 16.7 Å².